The van der Waals surface area contributed by atoms with Crippen LogP contribution >= 0.6 is 0 Å². The van der Waals surface area contributed by atoms with Crippen molar-refractivity contribution in [2.75, 3.05) is 33.3 Å². The standard InChI is InChI=1S/C20H28N2O2/c1-14-3-4-17(11-18(14)24-2)20(7-8-20)19(23)22-9-5-15-12-21-13-16(15)6-10-22/h3-4,11,15-16,21H,5-10,12-13H2,1-2H3/t15-,16+. The predicted molar refractivity (Wildman–Crippen MR) is 94.3 cm³/mol. The molecule has 4 nitrogen and oxygen atoms in total. The van der Waals surface area contributed by atoms with Gasteiger partial charge < -0.3 is 15.0 Å². The van der Waals surface area contributed by atoms with Crippen LogP contribution in [-0.2, 0) is 10.2 Å². The fourth-order valence-electron chi connectivity index (χ4n) is 4.59. The highest BCUT2D eigenvalue weighted by Gasteiger charge is 2.53. The average Bonchev–Trinajstić information content (AvgIpc) is 3.33. The molecule has 24 heavy (non-hydrogen) atoms. The maximum absolute atomic E-state index is 13.3. The van der Waals surface area contributed by atoms with Gasteiger partial charge in [-0.1, -0.05) is 12.1 Å². The number of ether oxygens (including phenoxy) is 1. The normalized spacial score (nSPS) is 28.2. The molecule has 0 unspecified atom stereocenters. The van der Waals surface area contributed by atoms with Crippen LogP contribution in [0.15, 0.2) is 18.2 Å². The molecular formula is C20H28N2O2. The second-order valence-electron chi connectivity index (χ2n) is 7.81. The number of carbonyl (C=O) groups is 1. The summed E-state index contributed by atoms with van der Waals surface area (Å²) in [6, 6.07) is 6.29. The minimum atomic E-state index is -0.279. The molecule has 2 saturated heterocycles. The zero-order valence-electron chi connectivity index (χ0n) is 14.8. The number of aryl methyl sites for hydroxylation is 1. The lowest BCUT2D eigenvalue weighted by Crippen LogP contribution is -2.40. The second kappa shape index (κ2) is 6.07. The first-order valence-corrected chi connectivity index (χ1v) is 9.29. The molecule has 0 aromatic heterocycles. The van der Waals surface area contributed by atoms with Crippen LogP contribution in [0.5, 0.6) is 5.75 Å². The molecule has 1 N–H and O–H groups in total. The Bertz CT molecular complexity index is 625. The number of rotatable bonds is 3. The van der Waals surface area contributed by atoms with Gasteiger partial charge in [0.1, 0.15) is 5.75 Å². The molecule has 1 aliphatic carbocycles. The number of hydrogen-bond acceptors (Lipinski definition) is 3. The van der Waals surface area contributed by atoms with Gasteiger partial charge in [-0.2, -0.15) is 0 Å². The van der Waals surface area contributed by atoms with Crippen LogP contribution in [0.3, 0.4) is 0 Å². The number of hydrogen-bond donors (Lipinski definition) is 1. The highest BCUT2D eigenvalue weighted by Crippen LogP contribution is 2.51. The highest BCUT2D eigenvalue weighted by molar-refractivity contribution is 5.91. The van der Waals surface area contributed by atoms with Crippen LogP contribution in [-0.4, -0.2) is 44.1 Å². The maximum Gasteiger partial charge on any atom is 0.233 e. The van der Waals surface area contributed by atoms with Crippen molar-refractivity contribution in [3.05, 3.63) is 29.3 Å². The summed E-state index contributed by atoms with van der Waals surface area (Å²) in [5, 5.41) is 3.51. The third kappa shape index (κ3) is 2.61. The van der Waals surface area contributed by atoms with Gasteiger partial charge in [-0.3, -0.25) is 4.79 Å². The van der Waals surface area contributed by atoms with E-state index >= 15 is 0 Å². The van der Waals surface area contributed by atoms with Gasteiger partial charge in [-0.15, -0.1) is 0 Å². The lowest BCUT2D eigenvalue weighted by molar-refractivity contribution is -0.134. The number of amides is 1. The van der Waals surface area contributed by atoms with Gasteiger partial charge in [0.25, 0.3) is 0 Å². The zero-order valence-corrected chi connectivity index (χ0v) is 14.8. The predicted octanol–water partition coefficient (Wildman–Crippen LogP) is 2.49. The van der Waals surface area contributed by atoms with Crippen molar-refractivity contribution in [2.45, 2.75) is 38.0 Å². The molecule has 1 amide bonds. The molecule has 4 rings (SSSR count). The first-order chi connectivity index (χ1) is 11.6. The number of benzene rings is 1. The van der Waals surface area contributed by atoms with Crippen molar-refractivity contribution in [1.29, 1.82) is 0 Å². The summed E-state index contributed by atoms with van der Waals surface area (Å²) >= 11 is 0. The quantitative estimate of drug-likeness (QED) is 0.927. The van der Waals surface area contributed by atoms with Crippen molar-refractivity contribution < 1.29 is 9.53 Å². The van der Waals surface area contributed by atoms with E-state index in [9.17, 15) is 4.79 Å². The Kier molecular flexibility index (Phi) is 4.03. The summed E-state index contributed by atoms with van der Waals surface area (Å²) in [6.45, 7) is 6.16. The van der Waals surface area contributed by atoms with Gasteiger partial charge in [-0.25, -0.2) is 0 Å². The van der Waals surface area contributed by atoms with Crippen LogP contribution in [0.4, 0.5) is 0 Å². The SMILES string of the molecule is COc1cc(C2(C(=O)N3CC[C@@H]4CNC[C@@H]4CC3)CC2)ccc1C. The van der Waals surface area contributed by atoms with Gasteiger partial charge in [-0.05, 0) is 74.7 Å². The van der Waals surface area contributed by atoms with Crippen molar-refractivity contribution in [3.8, 4) is 5.75 Å². The fraction of sp³-hybridized carbons (Fsp3) is 0.650. The molecule has 1 aromatic rings. The molecule has 0 radical (unpaired) electrons. The monoisotopic (exact) mass is 328 g/mol. The molecule has 2 atom stereocenters. The summed E-state index contributed by atoms with van der Waals surface area (Å²) in [6.07, 6.45) is 4.25. The smallest absolute Gasteiger partial charge is 0.233 e. The van der Waals surface area contributed by atoms with Gasteiger partial charge in [0.15, 0.2) is 0 Å². The second-order valence-corrected chi connectivity index (χ2v) is 7.81. The van der Waals surface area contributed by atoms with Gasteiger partial charge in [0.2, 0.25) is 5.91 Å². The molecule has 2 heterocycles. The van der Waals surface area contributed by atoms with Crippen LogP contribution in [0.1, 0.15) is 36.8 Å². The van der Waals surface area contributed by atoms with E-state index < -0.39 is 0 Å². The topological polar surface area (TPSA) is 41.6 Å². The van der Waals surface area contributed by atoms with Crippen molar-refractivity contribution in [1.82, 2.24) is 10.2 Å². The van der Waals surface area contributed by atoms with E-state index in [-0.39, 0.29) is 5.41 Å². The lowest BCUT2D eigenvalue weighted by atomic mass is 9.92. The van der Waals surface area contributed by atoms with E-state index in [0.717, 1.165) is 80.6 Å². The molecule has 1 aromatic carbocycles. The van der Waals surface area contributed by atoms with Crippen LogP contribution < -0.4 is 10.1 Å². The first-order valence-electron chi connectivity index (χ1n) is 9.29. The number of fused-ring (bicyclic) bond motifs is 1. The van der Waals surface area contributed by atoms with Crippen LogP contribution in [0.2, 0.25) is 0 Å². The Labute approximate surface area is 144 Å². The molecule has 0 bridgehead atoms. The molecule has 3 fully saturated rings. The number of carbonyl (C=O) groups excluding carboxylic acids is 1. The van der Waals surface area contributed by atoms with Crippen molar-refractivity contribution in [2.24, 2.45) is 11.8 Å². The molecule has 2 aliphatic heterocycles. The molecule has 130 valence electrons. The van der Waals surface area contributed by atoms with Gasteiger partial charge in [0.05, 0.1) is 12.5 Å². The van der Waals surface area contributed by atoms with Gasteiger partial charge in [0, 0.05) is 13.1 Å². The Morgan fingerprint density at radius 1 is 1.21 bits per heavy atom. The third-order valence-corrected chi connectivity index (χ3v) is 6.43. The Hall–Kier alpha value is -1.55. The maximum atomic E-state index is 13.3. The average molecular weight is 328 g/mol. The molecule has 0 spiro atoms. The zero-order chi connectivity index (χ0) is 16.7. The van der Waals surface area contributed by atoms with Crippen molar-refractivity contribution in [3.63, 3.8) is 0 Å². The van der Waals surface area contributed by atoms with E-state index in [1.807, 2.05) is 6.92 Å². The van der Waals surface area contributed by atoms with E-state index in [1.54, 1.807) is 7.11 Å². The van der Waals surface area contributed by atoms with E-state index in [1.165, 1.54) is 0 Å². The first kappa shape index (κ1) is 15.9. The summed E-state index contributed by atoms with van der Waals surface area (Å²) in [4.78, 5) is 15.5. The number of nitrogens with zero attached hydrogens (tertiary/aromatic N) is 1. The van der Waals surface area contributed by atoms with Crippen molar-refractivity contribution >= 4 is 5.91 Å². The Morgan fingerprint density at radius 2 is 1.88 bits per heavy atom. The minimum Gasteiger partial charge on any atom is -0.496 e. The summed E-state index contributed by atoms with van der Waals surface area (Å²) < 4.78 is 5.47. The fourth-order valence-corrected chi connectivity index (χ4v) is 4.59. The van der Waals surface area contributed by atoms with E-state index in [0.29, 0.717) is 5.91 Å². The number of likely N-dealkylation sites (tertiary alicyclic amines) is 1. The molecular weight excluding hydrogens is 300 g/mol. The third-order valence-electron chi connectivity index (χ3n) is 6.43. The van der Waals surface area contributed by atoms with E-state index in [4.69, 9.17) is 4.74 Å². The molecule has 4 heteroatoms. The molecule has 3 aliphatic rings. The Morgan fingerprint density at radius 3 is 2.46 bits per heavy atom. The molecule has 1 saturated carbocycles. The lowest BCUT2D eigenvalue weighted by Gasteiger charge is -2.27. The summed E-state index contributed by atoms with van der Waals surface area (Å²) in [7, 11) is 1.70. The summed E-state index contributed by atoms with van der Waals surface area (Å²) in [5.74, 6) is 2.76. The Balaban J connectivity index is 1.53. The highest BCUT2D eigenvalue weighted by atomic mass is 16.5. The minimum absolute atomic E-state index is 0.279. The number of nitrogens with one attached hydrogen (secondary N) is 1. The van der Waals surface area contributed by atoms with Crippen LogP contribution in [0, 0.1) is 18.8 Å². The number of methoxy groups -OCH3 is 1. The summed E-state index contributed by atoms with van der Waals surface area (Å²) in [5.41, 5.74) is 1.99. The van der Waals surface area contributed by atoms with E-state index in [2.05, 4.69) is 28.4 Å². The largest absolute Gasteiger partial charge is 0.496 e. The van der Waals surface area contributed by atoms with Gasteiger partial charge >= 0.3 is 0 Å². The van der Waals surface area contributed by atoms with Crippen LogP contribution in [0.25, 0.3) is 0 Å².